The Labute approximate surface area is 147 Å². The molecular weight excluding hydrogens is 344 g/mol. The van der Waals surface area contributed by atoms with Crippen molar-refractivity contribution in [3.8, 4) is 21.4 Å². The number of thiophene rings is 1. The second-order valence-electron chi connectivity index (χ2n) is 4.79. The fourth-order valence-corrected chi connectivity index (χ4v) is 3.62. The highest BCUT2D eigenvalue weighted by Gasteiger charge is 2.11. The topological polar surface area (TPSA) is 60.5 Å². The smallest absolute Gasteiger partial charge is 0.263 e. The molecule has 0 bridgehead atoms. The van der Waals surface area contributed by atoms with Crippen molar-refractivity contribution in [3.63, 3.8) is 0 Å². The summed E-state index contributed by atoms with van der Waals surface area (Å²) in [6.45, 7) is 0.825. The number of hydrogen-bond donors (Lipinski definition) is 1. The van der Waals surface area contributed by atoms with Gasteiger partial charge in [0, 0.05) is 0 Å². The van der Waals surface area contributed by atoms with Gasteiger partial charge in [-0.15, -0.1) is 22.7 Å². The lowest BCUT2D eigenvalue weighted by Gasteiger charge is -2.07. The summed E-state index contributed by atoms with van der Waals surface area (Å²) in [5.74, 6) is 1.39. The number of methoxy groups -OCH3 is 1. The van der Waals surface area contributed by atoms with Crippen LogP contribution in [0.3, 0.4) is 0 Å². The van der Waals surface area contributed by atoms with E-state index < -0.39 is 0 Å². The van der Waals surface area contributed by atoms with Gasteiger partial charge in [-0.05, 0) is 35.7 Å². The minimum absolute atomic E-state index is 0.131. The molecule has 2 heterocycles. The summed E-state index contributed by atoms with van der Waals surface area (Å²) in [4.78, 5) is 18.1. The van der Waals surface area contributed by atoms with E-state index in [2.05, 4.69) is 10.3 Å². The van der Waals surface area contributed by atoms with Crippen LogP contribution < -0.4 is 14.8 Å². The number of nitrogens with one attached hydrogen (secondary N) is 1. The van der Waals surface area contributed by atoms with Crippen molar-refractivity contribution in [2.24, 2.45) is 0 Å². The van der Waals surface area contributed by atoms with Gasteiger partial charge in [0.2, 0.25) is 0 Å². The maximum absolute atomic E-state index is 12.1. The first-order valence-corrected chi connectivity index (χ1v) is 9.00. The number of carbonyl (C=O) groups is 1. The van der Waals surface area contributed by atoms with Gasteiger partial charge in [0.25, 0.3) is 5.91 Å². The van der Waals surface area contributed by atoms with Crippen LogP contribution in [-0.4, -0.2) is 31.2 Å². The fraction of sp³-hybridized carbons (Fsp3) is 0.176. The molecule has 0 saturated carbocycles. The maximum atomic E-state index is 12.1. The average Bonchev–Trinajstić information content (AvgIpc) is 3.30. The summed E-state index contributed by atoms with van der Waals surface area (Å²) < 4.78 is 10.7. The molecule has 0 radical (unpaired) electrons. The van der Waals surface area contributed by atoms with Crippen molar-refractivity contribution in [1.29, 1.82) is 0 Å². The van der Waals surface area contributed by atoms with Crippen molar-refractivity contribution in [2.45, 2.75) is 0 Å². The van der Waals surface area contributed by atoms with Crippen LogP contribution in [0.5, 0.6) is 11.5 Å². The van der Waals surface area contributed by atoms with Gasteiger partial charge in [-0.25, -0.2) is 4.98 Å². The number of ether oxygens (including phenoxy) is 2. The Balaban J connectivity index is 1.45. The van der Waals surface area contributed by atoms with E-state index in [4.69, 9.17) is 9.47 Å². The second kappa shape index (κ2) is 7.94. The molecule has 0 aliphatic carbocycles. The Hall–Kier alpha value is -2.38. The summed E-state index contributed by atoms with van der Waals surface area (Å²) in [5, 5.41) is 5.69. The number of carbonyl (C=O) groups excluding carboxylic acids is 1. The van der Waals surface area contributed by atoms with Crippen LogP contribution in [0.1, 0.15) is 9.67 Å². The van der Waals surface area contributed by atoms with Crippen LogP contribution in [0.15, 0.2) is 48.0 Å². The van der Waals surface area contributed by atoms with Crippen LogP contribution >= 0.6 is 22.7 Å². The van der Waals surface area contributed by atoms with Gasteiger partial charge >= 0.3 is 0 Å². The lowest BCUT2D eigenvalue weighted by atomic mass is 10.3. The third-order valence-corrected chi connectivity index (χ3v) is 5.21. The lowest BCUT2D eigenvalue weighted by molar-refractivity contribution is 0.0951. The number of amides is 1. The van der Waals surface area contributed by atoms with Crippen LogP contribution in [-0.2, 0) is 0 Å². The molecule has 0 aliphatic heterocycles. The first-order valence-electron chi connectivity index (χ1n) is 7.31. The molecule has 0 atom stereocenters. The minimum Gasteiger partial charge on any atom is -0.497 e. The zero-order chi connectivity index (χ0) is 16.8. The Bertz CT molecular complexity index is 783. The molecule has 1 amide bonds. The first-order chi connectivity index (χ1) is 11.8. The summed E-state index contributed by atoms with van der Waals surface area (Å²) in [6, 6.07) is 11.3. The molecule has 0 fully saturated rings. The number of nitrogens with zero attached hydrogens (tertiary/aromatic N) is 1. The van der Waals surface area contributed by atoms with Gasteiger partial charge in [0.05, 0.1) is 24.7 Å². The van der Waals surface area contributed by atoms with Crippen molar-refractivity contribution < 1.29 is 14.3 Å². The number of benzene rings is 1. The first kappa shape index (κ1) is 16.5. The molecule has 1 aromatic carbocycles. The summed E-state index contributed by atoms with van der Waals surface area (Å²) in [6.07, 6.45) is 1.61. The number of aromatic nitrogens is 1. The van der Waals surface area contributed by atoms with Gasteiger partial charge in [-0.3, -0.25) is 4.79 Å². The van der Waals surface area contributed by atoms with E-state index >= 15 is 0 Å². The second-order valence-corrected chi connectivity index (χ2v) is 6.77. The van der Waals surface area contributed by atoms with E-state index in [0.717, 1.165) is 21.4 Å². The SMILES string of the molecule is COc1ccc(OCCNC(=O)c2cnc(-c3cccs3)s2)cc1. The highest BCUT2D eigenvalue weighted by atomic mass is 32.1. The number of rotatable bonds is 7. The predicted octanol–water partition coefficient (Wildman–Crippen LogP) is 3.69. The Morgan fingerprint density at radius 3 is 2.71 bits per heavy atom. The number of thiazole rings is 1. The van der Waals surface area contributed by atoms with Crippen LogP contribution in [0.25, 0.3) is 9.88 Å². The van der Waals surface area contributed by atoms with Crippen molar-refractivity contribution in [3.05, 3.63) is 52.9 Å². The molecular formula is C17H16N2O3S2. The van der Waals surface area contributed by atoms with E-state index in [9.17, 15) is 4.79 Å². The third kappa shape index (κ3) is 4.12. The van der Waals surface area contributed by atoms with Crippen LogP contribution in [0.2, 0.25) is 0 Å². The average molecular weight is 360 g/mol. The van der Waals surface area contributed by atoms with E-state index in [1.54, 1.807) is 24.6 Å². The molecule has 3 rings (SSSR count). The van der Waals surface area contributed by atoms with Gasteiger partial charge < -0.3 is 14.8 Å². The van der Waals surface area contributed by atoms with E-state index in [-0.39, 0.29) is 5.91 Å². The zero-order valence-electron chi connectivity index (χ0n) is 13.0. The Morgan fingerprint density at radius 1 is 1.21 bits per heavy atom. The fourth-order valence-electron chi connectivity index (χ4n) is 1.99. The molecule has 5 nitrogen and oxygen atoms in total. The van der Waals surface area contributed by atoms with Crippen molar-refractivity contribution in [1.82, 2.24) is 10.3 Å². The van der Waals surface area contributed by atoms with Crippen LogP contribution in [0.4, 0.5) is 0 Å². The molecule has 0 saturated heterocycles. The van der Waals surface area contributed by atoms with Gasteiger partial charge in [0.15, 0.2) is 0 Å². The summed E-state index contributed by atoms with van der Waals surface area (Å²) in [5.41, 5.74) is 0. The molecule has 2 aromatic heterocycles. The van der Waals surface area contributed by atoms with Crippen molar-refractivity contribution in [2.75, 3.05) is 20.3 Å². The Morgan fingerprint density at radius 2 is 2.00 bits per heavy atom. The Kier molecular flexibility index (Phi) is 5.45. The maximum Gasteiger partial charge on any atom is 0.263 e. The van der Waals surface area contributed by atoms with E-state index in [1.807, 2.05) is 41.8 Å². The van der Waals surface area contributed by atoms with Gasteiger partial charge in [-0.2, -0.15) is 0 Å². The standard InChI is InChI=1S/C17H16N2O3S2/c1-21-12-4-6-13(7-5-12)22-9-8-18-16(20)15-11-19-17(24-15)14-3-2-10-23-14/h2-7,10-11H,8-9H2,1H3,(H,18,20). The zero-order valence-corrected chi connectivity index (χ0v) is 14.7. The van der Waals surface area contributed by atoms with Gasteiger partial charge in [0.1, 0.15) is 28.0 Å². The molecule has 0 aliphatic rings. The summed E-state index contributed by atoms with van der Waals surface area (Å²) in [7, 11) is 1.62. The summed E-state index contributed by atoms with van der Waals surface area (Å²) >= 11 is 3.00. The quantitative estimate of drug-likeness (QED) is 0.653. The molecule has 0 spiro atoms. The largest absolute Gasteiger partial charge is 0.497 e. The molecule has 7 heteroatoms. The molecule has 0 unspecified atom stereocenters. The molecule has 1 N–H and O–H groups in total. The molecule has 124 valence electrons. The van der Waals surface area contributed by atoms with Crippen molar-refractivity contribution >= 4 is 28.6 Å². The third-order valence-electron chi connectivity index (χ3n) is 3.18. The van der Waals surface area contributed by atoms with Gasteiger partial charge in [-0.1, -0.05) is 6.07 Å². The highest BCUT2D eigenvalue weighted by Crippen LogP contribution is 2.28. The highest BCUT2D eigenvalue weighted by molar-refractivity contribution is 7.21. The monoisotopic (exact) mass is 360 g/mol. The van der Waals surface area contributed by atoms with Crippen LogP contribution in [0, 0.1) is 0 Å². The lowest BCUT2D eigenvalue weighted by Crippen LogP contribution is -2.27. The van der Waals surface area contributed by atoms with E-state index in [1.165, 1.54) is 11.3 Å². The molecule has 3 aromatic rings. The predicted molar refractivity (Wildman–Crippen MR) is 96.2 cm³/mol. The normalized spacial score (nSPS) is 10.4. The minimum atomic E-state index is -0.131. The van der Waals surface area contributed by atoms with E-state index in [0.29, 0.717) is 18.0 Å². The molecule has 24 heavy (non-hydrogen) atoms. The number of hydrogen-bond acceptors (Lipinski definition) is 6.